The Balaban J connectivity index is 2.98. The summed E-state index contributed by atoms with van der Waals surface area (Å²) < 4.78 is 5.07. The van der Waals surface area contributed by atoms with Crippen LogP contribution < -0.4 is 5.63 Å². The third-order valence-electron chi connectivity index (χ3n) is 2.06. The Morgan fingerprint density at radius 2 is 2.19 bits per heavy atom. The van der Waals surface area contributed by atoms with Crippen LogP contribution in [0.3, 0.4) is 0 Å². The molecule has 0 aliphatic heterocycles. The van der Waals surface area contributed by atoms with Crippen molar-refractivity contribution in [1.29, 1.82) is 0 Å². The van der Waals surface area contributed by atoms with E-state index >= 15 is 0 Å². The first-order valence-corrected chi connectivity index (χ1v) is 6.15. The van der Waals surface area contributed by atoms with E-state index in [1.807, 2.05) is 12.1 Å². The van der Waals surface area contributed by atoms with Gasteiger partial charge in [0, 0.05) is 10.6 Å². The van der Waals surface area contributed by atoms with Crippen molar-refractivity contribution in [1.82, 2.24) is 0 Å². The van der Waals surface area contributed by atoms with Crippen LogP contribution >= 0.6 is 11.8 Å². The number of rotatable bonds is 6. The predicted molar refractivity (Wildman–Crippen MR) is 69.2 cm³/mol. The molecule has 0 spiro atoms. The van der Waals surface area contributed by atoms with E-state index in [0.717, 1.165) is 17.1 Å². The molecule has 86 valence electrons. The van der Waals surface area contributed by atoms with Crippen molar-refractivity contribution in [3.63, 3.8) is 0 Å². The van der Waals surface area contributed by atoms with E-state index in [1.165, 1.54) is 0 Å². The van der Waals surface area contributed by atoms with E-state index in [-0.39, 0.29) is 5.63 Å². The molecule has 3 heteroatoms. The van der Waals surface area contributed by atoms with Gasteiger partial charge < -0.3 is 4.42 Å². The Hall–Kier alpha value is -1.22. The highest BCUT2D eigenvalue weighted by atomic mass is 32.2. The van der Waals surface area contributed by atoms with E-state index in [1.54, 1.807) is 24.8 Å². The SMILES string of the molecule is C=CCCSc1cc(C)oc(=O)c1CC=C. The number of allylic oxidation sites excluding steroid dienone is 2. The van der Waals surface area contributed by atoms with Crippen LogP contribution in [0.5, 0.6) is 0 Å². The van der Waals surface area contributed by atoms with Crippen molar-refractivity contribution in [3.8, 4) is 0 Å². The Labute approximate surface area is 100 Å². The monoisotopic (exact) mass is 236 g/mol. The lowest BCUT2D eigenvalue weighted by molar-refractivity contribution is 0.468. The first-order valence-electron chi connectivity index (χ1n) is 5.17. The molecule has 0 aromatic carbocycles. The second kappa shape index (κ2) is 6.38. The summed E-state index contributed by atoms with van der Waals surface area (Å²) in [5.74, 6) is 1.58. The molecule has 0 saturated carbocycles. The van der Waals surface area contributed by atoms with Gasteiger partial charge in [0.25, 0.3) is 0 Å². The highest BCUT2D eigenvalue weighted by Gasteiger charge is 2.09. The van der Waals surface area contributed by atoms with Gasteiger partial charge in [-0.2, -0.15) is 0 Å². The van der Waals surface area contributed by atoms with Crippen LogP contribution in [0, 0.1) is 6.92 Å². The van der Waals surface area contributed by atoms with Gasteiger partial charge in [-0.05, 0) is 25.8 Å². The van der Waals surface area contributed by atoms with Gasteiger partial charge in [-0.25, -0.2) is 4.79 Å². The minimum Gasteiger partial charge on any atom is -0.428 e. The average Bonchev–Trinajstić information content (AvgIpc) is 2.23. The van der Waals surface area contributed by atoms with Gasteiger partial charge in [0.05, 0.1) is 5.56 Å². The van der Waals surface area contributed by atoms with E-state index in [9.17, 15) is 4.79 Å². The summed E-state index contributed by atoms with van der Waals surface area (Å²) in [6, 6.07) is 1.91. The molecule has 0 bridgehead atoms. The number of hydrogen-bond acceptors (Lipinski definition) is 3. The van der Waals surface area contributed by atoms with Gasteiger partial charge in [0.2, 0.25) is 0 Å². The number of hydrogen-bond donors (Lipinski definition) is 0. The molecule has 0 unspecified atom stereocenters. The zero-order valence-corrected chi connectivity index (χ0v) is 10.3. The Morgan fingerprint density at radius 3 is 2.81 bits per heavy atom. The number of thioether (sulfide) groups is 1. The van der Waals surface area contributed by atoms with E-state index in [2.05, 4.69) is 13.2 Å². The van der Waals surface area contributed by atoms with E-state index in [0.29, 0.717) is 17.7 Å². The average molecular weight is 236 g/mol. The van der Waals surface area contributed by atoms with Crippen LogP contribution in [-0.2, 0) is 6.42 Å². The lowest BCUT2D eigenvalue weighted by atomic mass is 10.2. The van der Waals surface area contributed by atoms with Crippen molar-refractivity contribution >= 4 is 11.8 Å². The smallest absolute Gasteiger partial charge is 0.340 e. The molecule has 0 saturated heterocycles. The van der Waals surface area contributed by atoms with E-state index in [4.69, 9.17) is 4.42 Å². The minimum absolute atomic E-state index is 0.249. The molecule has 1 rings (SSSR count). The fourth-order valence-electron chi connectivity index (χ4n) is 1.32. The van der Waals surface area contributed by atoms with Gasteiger partial charge >= 0.3 is 5.63 Å². The normalized spacial score (nSPS) is 10.1. The van der Waals surface area contributed by atoms with Crippen LogP contribution in [0.15, 0.2) is 45.5 Å². The zero-order valence-electron chi connectivity index (χ0n) is 9.49. The molecular weight excluding hydrogens is 220 g/mol. The summed E-state index contributed by atoms with van der Waals surface area (Å²) in [7, 11) is 0. The second-order valence-electron chi connectivity index (χ2n) is 3.41. The summed E-state index contributed by atoms with van der Waals surface area (Å²) in [6.45, 7) is 9.12. The van der Waals surface area contributed by atoms with Crippen LogP contribution in [0.2, 0.25) is 0 Å². The Kier molecular flexibility index (Phi) is 5.12. The Bertz CT molecular complexity index is 432. The fraction of sp³-hybridized carbons (Fsp3) is 0.308. The molecule has 1 aromatic rings. The molecule has 0 aliphatic rings. The van der Waals surface area contributed by atoms with Crippen LogP contribution in [0.1, 0.15) is 17.7 Å². The summed E-state index contributed by atoms with van der Waals surface area (Å²) in [5.41, 5.74) is 0.454. The summed E-state index contributed by atoms with van der Waals surface area (Å²) in [4.78, 5) is 12.6. The van der Waals surface area contributed by atoms with Crippen molar-refractivity contribution < 1.29 is 4.42 Å². The zero-order chi connectivity index (χ0) is 12.0. The molecule has 0 fully saturated rings. The van der Waals surface area contributed by atoms with Crippen LogP contribution in [-0.4, -0.2) is 5.75 Å². The maximum Gasteiger partial charge on any atom is 0.340 e. The topological polar surface area (TPSA) is 30.2 Å². The second-order valence-corrected chi connectivity index (χ2v) is 4.54. The van der Waals surface area contributed by atoms with Gasteiger partial charge in [0.15, 0.2) is 0 Å². The fourth-order valence-corrected chi connectivity index (χ4v) is 2.41. The van der Waals surface area contributed by atoms with Gasteiger partial charge in [-0.1, -0.05) is 12.2 Å². The molecule has 2 nitrogen and oxygen atoms in total. The van der Waals surface area contributed by atoms with Crippen molar-refractivity contribution in [3.05, 3.63) is 53.1 Å². The molecule has 1 heterocycles. The lowest BCUT2D eigenvalue weighted by Gasteiger charge is -2.06. The molecule has 0 amide bonds. The largest absolute Gasteiger partial charge is 0.428 e. The van der Waals surface area contributed by atoms with Gasteiger partial charge in [-0.15, -0.1) is 24.9 Å². The predicted octanol–water partition coefficient (Wildman–Crippen LogP) is 3.34. The summed E-state index contributed by atoms with van der Waals surface area (Å²) >= 11 is 1.66. The quantitative estimate of drug-likeness (QED) is 0.431. The van der Waals surface area contributed by atoms with Crippen molar-refractivity contribution in [2.75, 3.05) is 5.75 Å². The molecule has 0 radical (unpaired) electrons. The molecule has 0 aliphatic carbocycles. The first kappa shape index (κ1) is 12.8. The lowest BCUT2D eigenvalue weighted by Crippen LogP contribution is -2.09. The van der Waals surface area contributed by atoms with Crippen molar-refractivity contribution in [2.45, 2.75) is 24.7 Å². The molecular formula is C13H16O2S. The third kappa shape index (κ3) is 3.42. The summed E-state index contributed by atoms with van der Waals surface area (Å²) in [5, 5.41) is 0. The van der Waals surface area contributed by atoms with Crippen LogP contribution in [0.4, 0.5) is 0 Å². The third-order valence-corrected chi connectivity index (χ3v) is 3.17. The molecule has 16 heavy (non-hydrogen) atoms. The van der Waals surface area contributed by atoms with Gasteiger partial charge in [-0.3, -0.25) is 0 Å². The highest BCUT2D eigenvalue weighted by molar-refractivity contribution is 7.99. The summed E-state index contributed by atoms with van der Waals surface area (Å²) in [6.07, 6.45) is 5.08. The van der Waals surface area contributed by atoms with Crippen molar-refractivity contribution in [2.24, 2.45) is 0 Å². The van der Waals surface area contributed by atoms with Crippen LogP contribution in [0.25, 0.3) is 0 Å². The van der Waals surface area contributed by atoms with Gasteiger partial charge in [0.1, 0.15) is 5.76 Å². The maximum atomic E-state index is 11.6. The highest BCUT2D eigenvalue weighted by Crippen LogP contribution is 2.23. The molecule has 0 N–H and O–H groups in total. The standard InChI is InChI=1S/C13H16O2S/c1-4-6-8-16-12-9-10(3)15-13(14)11(12)7-5-2/h4-5,9H,1-2,6-8H2,3H3. The number of aryl methyl sites for hydroxylation is 1. The van der Waals surface area contributed by atoms with E-state index < -0.39 is 0 Å². The molecule has 0 atom stereocenters. The minimum atomic E-state index is -0.249. The Morgan fingerprint density at radius 1 is 1.44 bits per heavy atom. The molecule has 1 aromatic heterocycles. The maximum absolute atomic E-state index is 11.6. The first-order chi connectivity index (χ1) is 7.69.